The SMILES string of the molecule is O=C(OCCS)C1CCCCO1. The van der Waals surface area contributed by atoms with Crippen molar-refractivity contribution in [2.75, 3.05) is 19.0 Å². The lowest BCUT2D eigenvalue weighted by atomic mass is 10.1. The highest BCUT2D eigenvalue weighted by Crippen LogP contribution is 2.13. The van der Waals surface area contributed by atoms with Crippen LogP contribution < -0.4 is 0 Å². The molecule has 70 valence electrons. The fraction of sp³-hybridized carbons (Fsp3) is 0.875. The van der Waals surface area contributed by atoms with Gasteiger partial charge < -0.3 is 9.47 Å². The van der Waals surface area contributed by atoms with Gasteiger partial charge in [-0.3, -0.25) is 0 Å². The summed E-state index contributed by atoms with van der Waals surface area (Å²) in [5.41, 5.74) is 0. The molecule has 0 saturated carbocycles. The molecule has 1 heterocycles. The van der Waals surface area contributed by atoms with Gasteiger partial charge in [0.2, 0.25) is 0 Å². The topological polar surface area (TPSA) is 35.5 Å². The number of carbonyl (C=O) groups excluding carboxylic acids is 1. The summed E-state index contributed by atoms with van der Waals surface area (Å²) in [6.07, 6.45) is 2.58. The minimum absolute atomic E-state index is 0.233. The Balaban J connectivity index is 2.20. The van der Waals surface area contributed by atoms with Crippen LogP contribution >= 0.6 is 12.6 Å². The van der Waals surface area contributed by atoms with E-state index in [4.69, 9.17) is 9.47 Å². The predicted octanol–water partition coefficient (Wildman–Crippen LogP) is 1.03. The molecule has 0 aromatic rings. The maximum atomic E-state index is 11.2. The van der Waals surface area contributed by atoms with Crippen LogP contribution in [0.2, 0.25) is 0 Å². The highest BCUT2D eigenvalue weighted by atomic mass is 32.1. The molecule has 0 aromatic carbocycles. The molecule has 1 aliphatic heterocycles. The molecule has 1 fully saturated rings. The first kappa shape index (κ1) is 9.86. The molecule has 0 N–H and O–H groups in total. The summed E-state index contributed by atoms with van der Waals surface area (Å²) in [6.45, 7) is 1.06. The molecule has 1 atom stereocenters. The van der Waals surface area contributed by atoms with Crippen molar-refractivity contribution in [2.24, 2.45) is 0 Å². The van der Waals surface area contributed by atoms with E-state index in [1.165, 1.54) is 0 Å². The summed E-state index contributed by atoms with van der Waals surface area (Å²) in [5.74, 6) is 0.335. The van der Waals surface area contributed by atoms with Gasteiger partial charge in [-0.2, -0.15) is 12.6 Å². The third-order valence-corrected chi connectivity index (χ3v) is 1.96. The van der Waals surface area contributed by atoms with Crippen LogP contribution in [-0.2, 0) is 14.3 Å². The average molecular weight is 190 g/mol. The fourth-order valence-electron chi connectivity index (χ4n) is 1.17. The summed E-state index contributed by atoms with van der Waals surface area (Å²) in [4.78, 5) is 11.2. The van der Waals surface area contributed by atoms with Crippen LogP contribution in [0.5, 0.6) is 0 Å². The van der Waals surface area contributed by atoms with Gasteiger partial charge in [-0.25, -0.2) is 4.79 Å². The average Bonchev–Trinajstić information content (AvgIpc) is 2.15. The second kappa shape index (κ2) is 5.43. The molecular formula is C8H14O3S. The Bertz CT molecular complexity index is 143. The Kier molecular flexibility index (Phi) is 4.46. The molecule has 1 saturated heterocycles. The predicted molar refractivity (Wildman–Crippen MR) is 48.4 cm³/mol. The fourth-order valence-corrected chi connectivity index (χ4v) is 1.26. The van der Waals surface area contributed by atoms with E-state index in [9.17, 15) is 4.79 Å². The van der Waals surface area contributed by atoms with Crippen LogP contribution in [0.15, 0.2) is 0 Å². The van der Waals surface area contributed by atoms with E-state index in [1.807, 2.05) is 0 Å². The van der Waals surface area contributed by atoms with Crippen molar-refractivity contribution in [3.63, 3.8) is 0 Å². The van der Waals surface area contributed by atoms with Gasteiger partial charge in [-0.1, -0.05) is 0 Å². The molecule has 3 nitrogen and oxygen atoms in total. The quantitative estimate of drug-likeness (QED) is 0.533. The van der Waals surface area contributed by atoms with Crippen LogP contribution in [0, 0.1) is 0 Å². The Morgan fingerprint density at radius 3 is 3.00 bits per heavy atom. The Labute approximate surface area is 77.8 Å². The van der Waals surface area contributed by atoms with Crippen molar-refractivity contribution >= 4 is 18.6 Å². The van der Waals surface area contributed by atoms with Gasteiger partial charge in [0.15, 0.2) is 6.10 Å². The molecule has 1 unspecified atom stereocenters. The normalized spacial score (nSPS) is 23.6. The molecule has 0 spiro atoms. The van der Waals surface area contributed by atoms with Crippen LogP contribution in [0.3, 0.4) is 0 Å². The van der Waals surface area contributed by atoms with Crippen molar-refractivity contribution in [1.29, 1.82) is 0 Å². The van der Waals surface area contributed by atoms with Crippen molar-refractivity contribution in [3.05, 3.63) is 0 Å². The van der Waals surface area contributed by atoms with E-state index < -0.39 is 0 Å². The number of rotatable bonds is 3. The molecule has 1 rings (SSSR count). The highest BCUT2D eigenvalue weighted by Gasteiger charge is 2.22. The van der Waals surface area contributed by atoms with E-state index >= 15 is 0 Å². The number of esters is 1. The number of carbonyl (C=O) groups is 1. The standard InChI is InChI=1S/C8H14O3S/c9-8(11-5-6-12)7-3-1-2-4-10-7/h7,12H,1-6H2. The lowest BCUT2D eigenvalue weighted by Gasteiger charge is -2.20. The zero-order valence-corrected chi connectivity index (χ0v) is 7.89. The first-order valence-electron chi connectivity index (χ1n) is 4.23. The largest absolute Gasteiger partial charge is 0.463 e. The van der Waals surface area contributed by atoms with Gasteiger partial charge in [0.1, 0.15) is 6.61 Å². The first-order valence-corrected chi connectivity index (χ1v) is 4.87. The van der Waals surface area contributed by atoms with E-state index in [-0.39, 0.29) is 12.1 Å². The lowest BCUT2D eigenvalue weighted by Crippen LogP contribution is -2.30. The smallest absolute Gasteiger partial charge is 0.335 e. The first-order chi connectivity index (χ1) is 5.84. The monoisotopic (exact) mass is 190 g/mol. The highest BCUT2D eigenvalue weighted by molar-refractivity contribution is 7.80. The third-order valence-electron chi connectivity index (χ3n) is 1.78. The summed E-state index contributed by atoms with van der Waals surface area (Å²) in [7, 11) is 0. The van der Waals surface area contributed by atoms with Gasteiger partial charge in [0.25, 0.3) is 0 Å². The number of thiol groups is 1. The third kappa shape index (κ3) is 3.03. The second-order valence-corrected chi connectivity index (χ2v) is 3.19. The minimum atomic E-state index is -0.321. The van der Waals surface area contributed by atoms with Gasteiger partial charge in [0, 0.05) is 12.4 Å². The molecular weight excluding hydrogens is 176 g/mol. The van der Waals surface area contributed by atoms with Gasteiger partial charge >= 0.3 is 5.97 Å². The molecule has 0 aliphatic carbocycles. The Hall–Kier alpha value is -0.220. The van der Waals surface area contributed by atoms with E-state index in [2.05, 4.69) is 12.6 Å². The molecule has 12 heavy (non-hydrogen) atoms. The summed E-state index contributed by atoms with van der Waals surface area (Å²) in [6, 6.07) is 0. The molecule has 0 bridgehead atoms. The minimum Gasteiger partial charge on any atom is -0.463 e. The summed E-state index contributed by atoms with van der Waals surface area (Å²) < 4.78 is 10.1. The van der Waals surface area contributed by atoms with Crippen LogP contribution in [-0.4, -0.2) is 31.0 Å². The molecule has 0 aromatic heterocycles. The van der Waals surface area contributed by atoms with Crippen LogP contribution in [0.25, 0.3) is 0 Å². The summed E-state index contributed by atoms with van der Waals surface area (Å²) >= 11 is 3.94. The maximum absolute atomic E-state index is 11.2. The van der Waals surface area contributed by atoms with Crippen LogP contribution in [0.4, 0.5) is 0 Å². The van der Waals surface area contributed by atoms with Gasteiger partial charge in [-0.05, 0) is 19.3 Å². The number of hydrogen-bond donors (Lipinski definition) is 1. The zero-order valence-electron chi connectivity index (χ0n) is 6.99. The lowest BCUT2D eigenvalue weighted by molar-refractivity contribution is -0.159. The number of ether oxygens (including phenoxy) is 2. The van der Waals surface area contributed by atoms with Gasteiger partial charge in [-0.15, -0.1) is 0 Å². The van der Waals surface area contributed by atoms with E-state index in [0.29, 0.717) is 19.0 Å². The van der Waals surface area contributed by atoms with Crippen molar-refractivity contribution in [3.8, 4) is 0 Å². The number of hydrogen-bond acceptors (Lipinski definition) is 4. The summed E-state index contributed by atoms with van der Waals surface area (Å²) in [5, 5.41) is 0. The van der Waals surface area contributed by atoms with Crippen molar-refractivity contribution in [1.82, 2.24) is 0 Å². The van der Waals surface area contributed by atoms with Crippen LogP contribution in [0.1, 0.15) is 19.3 Å². The van der Waals surface area contributed by atoms with Crippen molar-refractivity contribution < 1.29 is 14.3 Å². The Morgan fingerprint density at radius 2 is 2.42 bits per heavy atom. The van der Waals surface area contributed by atoms with Crippen molar-refractivity contribution in [2.45, 2.75) is 25.4 Å². The van der Waals surface area contributed by atoms with E-state index in [0.717, 1.165) is 19.3 Å². The molecule has 1 aliphatic rings. The molecule has 4 heteroatoms. The van der Waals surface area contributed by atoms with Gasteiger partial charge in [0.05, 0.1) is 0 Å². The Morgan fingerprint density at radius 1 is 1.58 bits per heavy atom. The van der Waals surface area contributed by atoms with E-state index in [1.54, 1.807) is 0 Å². The zero-order chi connectivity index (χ0) is 8.81. The second-order valence-electron chi connectivity index (χ2n) is 2.75. The molecule has 0 radical (unpaired) electrons. The molecule has 0 amide bonds. The maximum Gasteiger partial charge on any atom is 0.335 e.